The van der Waals surface area contributed by atoms with E-state index in [1.807, 2.05) is 0 Å². The minimum Gasteiger partial charge on any atom is -0.463 e. The molecule has 0 aliphatic rings. The summed E-state index contributed by atoms with van der Waals surface area (Å²) in [7, 11) is 0. The van der Waals surface area contributed by atoms with Gasteiger partial charge in [-0.05, 0) is 19.3 Å². The third-order valence-corrected chi connectivity index (χ3v) is 4.71. The minimum absolute atomic E-state index is 0.106. The second-order valence-electron chi connectivity index (χ2n) is 7.39. The molecule has 0 heterocycles. The maximum Gasteiger partial charge on any atom is 0.305 e. The number of hydrogen-bond acceptors (Lipinski definition) is 5. The quantitative estimate of drug-likeness (QED) is 0.234. The molecule has 0 aliphatic carbocycles. The van der Waals surface area contributed by atoms with Crippen molar-refractivity contribution in [2.24, 2.45) is 0 Å². The Labute approximate surface area is 160 Å². The first-order valence-electron chi connectivity index (χ1n) is 10.7. The Morgan fingerprint density at radius 3 is 1.81 bits per heavy atom. The molecule has 0 aromatic rings. The molecule has 2 atom stereocenters. The number of ether oxygens (including phenoxy) is 1. The van der Waals surface area contributed by atoms with Gasteiger partial charge in [0.05, 0.1) is 12.7 Å². The molecule has 0 bridgehead atoms. The van der Waals surface area contributed by atoms with Gasteiger partial charge in [0.2, 0.25) is 0 Å². The van der Waals surface area contributed by atoms with E-state index in [2.05, 4.69) is 6.92 Å². The highest BCUT2D eigenvalue weighted by atomic mass is 16.5. The Morgan fingerprint density at radius 2 is 1.27 bits per heavy atom. The molecular formula is C21H42O5. The van der Waals surface area contributed by atoms with Crippen LogP contribution in [0, 0.1) is 0 Å². The Bertz CT molecular complexity index is 309. The van der Waals surface area contributed by atoms with Crippen LogP contribution in [0.2, 0.25) is 0 Å². The summed E-state index contributed by atoms with van der Waals surface area (Å²) in [5, 5.41) is 27.6. The van der Waals surface area contributed by atoms with Gasteiger partial charge in [0.25, 0.3) is 0 Å². The van der Waals surface area contributed by atoms with Gasteiger partial charge in [-0.3, -0.25) is 4.79 Å². The number of rotatable bonds is 19. The highest BCUT2D eigenvalue weighted by Gasteiger charge is 2.07. The average Bonchev–Trinajstić information content (AvgIpc) is 2.64. The zero-order chi connectivity index (χ0) is 19.5. The number of esters is 1. The van der Waals surface area contributed by atoms with E-state index >= 15 is 0 Å². The lowest BCUT2D eigenvalue weighted by atomic mass is 10.0. The van der Waals surface area contributed by atoms with E-state index in [0.717, 1.165) is 44.9 Å². The molecule has 0 aliphatic heterocycles. The first kappa shape index (κ1) is 25.4. The molecule has 5 nitrogen and oxygen atoms in total. The molecule has 0 spiro atoms. The summed E-state index contributed by atoms with van der Waals surface area (Å²) in [6.45, 7) is 1.70. The van der Waals surface area contributed by atoms with E-state index in [4.69, 9.17) is 14.9 Å². The van der Waals surface area contributed by atoms with Crippen LogP contribution in [0.15, 0.2) is 0 Å². The van der Waals surface area contributed by atoms with E-state index < -0.39 is 6.10 Å². The van der Waals surface area contributed by atoms with E-state index in [1.54, 1.807) is 0 Å². The third kappa shape index (κ3) is 18.2. The molecule has 0 radical (unpaired) electrons. The van der Waals surface area contributed by atoms with Gasteiger partial charge in [0, 0.05) is 6.42 Å². The lowest BCUT2D eigenvalue weighted by Crippen LogP contribution is -2.21. The van der Waals surface area contributed by atoms with Crippen molar-refractivity contribution in [3.05, 3.63) is 0 Å². The highest BCUT2D eigenvalue weighted by Crippen LogP contribution is 2.14. The normalized spacial score (nSPS) is 13.5. The van der Waals surface area contributed by atoms with Crippen molar-refractivity contribution in [2.75, 3.05) is 13.2 Å². The molecule has 0 aromatic carbocycles. The largest absolute Gasteiger partial charge is 0.463 e. The number of unbranched alkanes of at least 4 members (excludes halogenated alkanes) is 10. The number of carbonyl (C=O) groups is 1. The van der Waals surface area contributed by atoms with Crippen molar-refractivity contribution in [1.82, 2.24) is 0 Å². The van der Waals surface area contributed by atoms with Crippen molar-refractivity contribution in [3.8, 4) is 0 Å². The first-order valence-corrected chi connectivity index (χ1v) is 10.7. The summed E-state index contributed by atoms with van der Waals surface area (Å²) >= 11 is 0. The van der Waals surface area contributed by atoms with Crippen molar-refractivity contribution >= 4 is 5.97 Å². The van der Waals surface area contributed by atoms with Crippen LogP contribution >= 0.6 is 0 Å². The molecule has 0 fully saturated rings. The molecule has 26 heavy (non-hydrogen) atoms. The summed E-state index contributed by atoms with van der Waals surface area (Å²) in [5.74, 6) is -0.300. The average molecular weight is 375 g/mol. The molecule has 0 amide bonds. The maximum absolute atomic E-state index is 11.4. The Hall–Kier alpha value is -0.650. The van der Waals surface area contributed by atoms with E-state index in [-0.39, 0.29) is 25.3 Å². The van der Waals surface area contributed by atoms with Gasteiger partial charge in [-0.2, -0.15) is 0 Å². The lowest BCUT2D eigenvalue weighted by Gasteiger charge is -2.10. The minimum atomic E-state index is -0.971. The Balaban J connectivity index is 3.25. The molecule has 0 saturated carbocycles. The predicted octanol–water partition coefficient (Wildman–Crippen LogP) is 4.12. The van der Waals surface area contributed by atoms with Crippen LogP contribution in [0.3, 0.4) is 0 Å². The standard InChI is InChI=1S/C21H42O5/c1-2-3-4-11-14-19(23)15-12-9-7-5-6-8-10-13-16-21(25)26-18-20(24)17-22/h19-20,22-24H,2-18H2,1H3. The third-order valence-electron chi connectivity index (χ3n) is 4.71. The summed E-state index contributed by atoms with van der Waals surface area (Å²) in [6.07, 6.45) is 15.1. The van der Waals surface area contributed by atoms with Crippen LogP contribution in [0.25, 0.3) is 0 Å². The molecule has 2 unspecified atom stereocenters. The molecule has 0 rings (SSSR count). The van der Waals surface area contributed by atoms with Crippen LogP contribution in [0.4, 0.5) is 0 Å². The summed E-state index contributed by atoms with van der Waals surface area (Å²) in [5.41, 5.74) is 0. The number of hydrogen-bond donors (Lipinski definition) is 3. The molecular weight excluding hydrogens is 332 g/mol. The van der Waals surface area contributed by atoms with Gasteiger partial charge in [-0.25, -0.2) is 0 Å². The zero-order valence-electron chi connectivity index (χ0n) is 16.8. The number of aliphatic hydroxyl groups is 3. The zero-order valence-corrected chi connectivity index (χ0v) is 16.8. The van der Waals surface area contributed by atoms with Crippen molar-refractivity contribution in [1.29, 1.82) is 0 Å². The summed E-state index contributed by atoms with van der Waals surface area (Å²) < 4.78 is 4.85. The van der Waals surface area contributed by atoms with Gasteiger partial charge in [0.1, 0.15) is 12.7 Å². The Kier molecular flexibility index (Phi) is 18.6. The van der Waals surface area contributed by atoms with Gasteiger partial charge in [-0.15, -0.1) is 0 Å². The van der Waals surface area contributed by atoms with Crippen LogP contribution in [0.5, 0.6) is 0 Å². The van der Waals surface area contributed by atoms with Gasteiger partial charge in [0.15, 0.2) is 0 Å². The SMILES string of the molecule is CCCCCCC(O)CCCCCCCCCCC(=O)OCC(O)CO. The van der Waals surface area contributed by atoms with Crippen LogP contribution in [-0.2, 0) is 9.53 Å². The fourth-order valence-electron chi connectivity index (χ4n) is 2.98. The monoisotopic (exact) mass is 374 g/mol. The topological polar surface area (TPSA) is 87.0 Å². The lowest BCUT2D eigenvalue weighted by molar-refractivity contribution is -0.147. The fraction of sp³-hybridized carbons (Fsp3) is 0.952. The van der Waals surface area contributed by atoms with E-state index in [0.29, 0.717) is 6.42 Å². The summed E-state index contributed by atoms with van der Waals surface area (Å²) in [4.78, 5) is 11.4. The molecule has 0 saturated heterocycles. The van der Waals surface area contributed by atoms with Crippen molar-refractivity contribution in [3.63, 3.8) is 0 Å². The van der Waals surface area contributed by atoms with Gasteiger partial charge >= 0.3 is 5.97 Å². The smallest absolute Gasteiger partial charge is 0.305 e. The second-order valence-corrected chi connectivity index (χ2v) is 7.39. The molecule has 3 N–H and O–H groups in total. The molecule has 5 heteroatoms. The van der Waals surface area contributed by atoms with Crippen LogP contribution in [0.1, 0.15) is 103 Å². The molecule has 156 valence electrons. The van der Waals surface area contributed by atoms with Gasteiger partial charge in [-0.1, -0.05) is 77.6 Å². The molecule has 0 aromatic heterocycles. The number of aliphatic hydroxyl groups excluding tert-OH is 3. The Morgan fingerprint density at radius 1 is 0.769 bits per heavy atom. The first-order chi connectivity index (χ1) is 12.6. The van der Waals surface area contributed by atoms with Crippen molar-refractivity contribution < 1.29 is 24.9 Å². The maximum atomic E-state index is 11.4. The number of carbonyl (C=O) groups excluding carboxylic acids is 1. The van der Waals surface area contributed by atoms with Crippen LogP contribution < -0.4 is 0 Å². The second kappa shape index (κ2) is 19.1. The fourth-order valence-corrected chi connectivity index (χ4v) is 2.98. The highest BCUT2D eigenvalue weighted by molar-refractivity contribution is 5.69. The predicted molar refractivity (Wildman–Crippen MR) is 105 cm³/mol. The van der Waals surface area contributed by atoms with Crippen molar-refractivity contribution in [2.45, 2.75) is 115 Å². The van der Waals surface area contributed by atoms with E-state index in [1.165, 1.54) is 44.9 Å². The van der Waals surface area contributed by atoms with E-state index in [9.17, 15) is 9.90 Å². The van der Waals surface area contributed by atoms with Crippen LogP contribution in [-0.4, -0.2) is 46.7 Å². The van der Waals surface area contributed by atoms with Gasteiger partial charge < -0.3 is 20.1 Å². The summed E-state index contributed by atoms with van der Waals surface area (Å²) in [6, 6.07) is 0.